The van der Waals surface area contributed by atoms with Gasteiger partial charge >= 0.3 is 5.97 Å². The quantitative estimate of drug-likeness (QED) is 0.848. The van der Waals surface area contributed by atoms with Crippen molar-refractivity contribution in [2.24, 2.45) is 5.92 Å². The van der Waals surface area contributed by atoms with E-state index in [-0.39, 0.29) is 5.92 Å². The van der Waals surface area contributed by atoms with Gasteiger partial charge in [-0.3, -0.25) is 14.6 Å². The fourth-order valence-electron chi connectivity index (χ4n) is 3.69. The molecular weight excluding hydrogens is 294 g/mol. The number of rotatable bonds is 4. The standard InChI is InChI=1S/C16H25N5O2/c17-16-18-8-12(9-19-16)10-20-6-3-14(4-7-20)21-5-1-2-13(11-21)15(22)23/h8-9,13-14H,1-7,10-11H2,(H,22,23)(H2,17,18,19). The molecule has 3 N–H and O–H groups in total. The zero-order valence-corrected chi connectivity index (χ0v) is 13.4. The molecule has 7 heteroatoms. The van der Waals surface area contributed by atoms with Gasteiger partial charge in [-0.15, -0.1) is 0 Å². The number of hydrogen-bond donors (Lipinski definition) is 2. The number of nitrogens with two attached hydrogens (primary N) is 1. The number of anilines is 1. The number of piperidine rings is 2. The summed E-state index contributed by atoms with van der Waals surface area (Å²) in [7, 11) is 0. The van der Waals surface area contributed by atoms with Gasteiger partial charge in [0.1, 0.15) is 0 Å². The summed E-state index contributed by atoms with van der Waals surface area (Å²) >= 11 is 0. The molecule has 2 aliphatic rings. The van der Waals surface area contributed by atoms with E-state index in [0.29, 0.717) is 18.5 Å². The van der Waals surface area contributed by atoms with E-state index in [4.69, 9.17) is 5.73 Å². The second kappa shape index (κ2) is 7.23. The van der Waals surface area contributed by atoms with Crippen LogP contribution in [0.4, 0.5) is 5.95 Å². The van der Waals surface area contributed by atoms with Crippen molar-refractivity contribution in [3.05, 3.63) is 18.0 Å². The molecule has 3 rings (SSSR count). The molecule has 1 atom stereocenters. The van der Waals surface area contributed by atoms with Crippen LogP contribution in [0.5, 0.6) is 0 Å². The van der Waals surface area contributed by atoms with Crippen LogP contribution >= 0.6 is 0 Å². The lowest BCUT2D eigenvalue weighted by Gasteiger charge is -2.41. The number of aliphatic carboxylic acids is 1. The van der Waals surface area contributed by atoms with Gasteiger partial charge < -0.3 is 10.8 Å². The number of carboxylic acids is 1. The number of aromatic nitrogens is 2. The molecule has 23 heavy (non-hydrogen) atoms. The third-order valence-electron chi connectivity index (χ3n) is 5.01. The molecule has 1 unspecified atom stereocenters. The predicted octanol–water partition coefficient (Wildman–Crippen LogP) is 0.820. The van der Waals surface area contributed by atoms with Gasteiger partial charge in [-0.2, -0.15) is 0 Å². The Morgan fingerprint density at radius 3 is 2.57 bits per heavy atom. The molecule has 0 aliphatic carbocycles. The van der Waals surface area contributed by atoms with Gasteiger partial charge in [0.15, 0.2) is 0 Å². The Labute approximate surface area is 136 Å². The maximum atomic E-state index is 11.2. The first-order valence-corrected chi connectivity index (χ1v) is 8.37. The van der Waals surface area contributed by atoms with Crippen LogP contribution in [0.2, 0.25) is 0 Å². The van der Waals surface area contributed by atoms with Gasteiger partial charge in [-0.25, -0.2) is 9.97 Å². The summed E-state index contributed by atoms with van der Waals surface area (Å²) in [6.45, 7) is 4.67. The van der Waals surface area contributed by atoms with Crippen LogP contribution in [0, 0.1) is 5.92 Å². The van der Waals surface area contributed by atoms with Crippen LogP contribution in [0.25, 0.3) is 0 Å². The van der Waals surface area contributed by atoms with Crippen molar-refractivity contribution in [3.8, 4) is 0 Å². The second-order valence-corrected chi connectivity index (χ2v) is 6.63. The monoisotopic (exact) mass is 319 g/mol. The van der Waals surface area contributed by atoms with E-state index in [1.54, 1.807) is 12.4 Å². The van der Waals surface area contributed by atoms with E-state index in [1.807, 2.05) is 0 Å². The fourth-order valence-corrected chi connectivity index (χ4v) is 3.69. The third kappa shape index (κ3) is 4.17. The Balaban J connectivity index is 1.48. The highest BCUT2D eigenvalue weighted by Gasteiger charge is 2.31. The molecule has 0 radical (unpaired) electrons. The van der Waals surface area contributed by atoms with E-state index < -0.39 is 5.97 Å². The largest absolute Gasteiger partial charge is 0.481 e. The molecule has 1 aromatic heterocycles. The molecule has 2 saturated heterocycles. The van der Waals surface area contributed by atoms with E-state index >= 15 is 0 Å². The van der Waals surface area contributed by atoms with Gasteiger partial charge in [0.25, 0.3) is 0 Å². The Morgan fingerprint density at radius 2 is 1.91 bits per heavy atom. The van der Waals surface area contributed by atoms with Crippen LogP contribution in [-0.2, 0) is 11.3 Å². The summed E-state index contributed by atoms with van der Waals surface area (Å²) < 4.78 is 0. The zero-order valence-electron chi connectivity index (χ0n) is 13.4. The van der Waals surface area contributed by atoms with Gasteiger partial charge in [0.05, 0.1) is 5.92 Å². The highest BCUT2D eigenvalue weighted by atomic mass is 16.4. The topological polar surface area (TPSA) is 95.6 Å². The van der Waals surface area contributed by atoms with Crippen molar-refractivity contribution < 1.29 is 9.90 Å². The number of carboxylic acid groups (broad SMARTS) is 1. The lowest BCUT2D eigenvalue weighted by Crippen LogP contribution is -2.49. The summed E-state index contributed by atoms with van der Waals surface area (Å²) in [4.78, 5) is 24.1. The number of hydrogen-bond acceptors (Lipinski definition) is 6. The first-order valence-electron chi connectivity index (χ1n) is 8.37. The molecule has 0 aromatic carbocycles. The van der Waals surface area contributed by atoms with E-state index in [1.165, 1.54) is 0 Å². The maximum absolute atomic E-state index is 11.2. The Hall–Kier alpha value is -1.73. The number of nitrogen functional groups attached to an aromatic ring is 1. The summed E-state index contributed by atoms with van der Waals surface area (Å²) in [5, 5.41) is 9.22. The molecule has 2 aliphatic heterocycles. The summed E-state index contributed by atoms with van der Waals surface area (Å²) in [6.07, 6.45) is 7.60. The molecule has 0 spiro atoms. The van der Waals surface area contributed by atoms with Crippen LogP contribution in [0.15, 0.2) is 12.4 Å². The van der Waals surface area contributed by atoms with Crippen LogP contribution in [0.3, 0.4) is 0 Å². The smallest absolute Gasteiger partial charge is 0.307 e. The minimum Gasteiger partial charge on any atom is -0.481 e. The molecule has 3 heterocycles. The van der Waals surface area contributed by atoms with E-state index in [2.05, 4.69) is 19.8 Å². The Bertz CT molecular complexity index is 528. The first-order chi connectivity index (χ1) is 11.1. The van der Waals surface area contributed by atoms with Crippen molar-refractivity contribution in [1.82, 2.24) is 19.8 Å². The molecule has 126 valence electrons. The summed E-state index contributed by atoms with van der Waals surface area (Å²) in [5.41, 5.74) is 6.59. The first kappa shape index (κ1) is 16.1. The SMILES string of the molecule is Nc1ncc(CN2CCC(N3CCCC(C(=O)O)C3)CC2)cn1. The summed E-state index contributed by atoms with van der Waals surface area (Å²) in [6, 6.07) is 0.524. The normalized spacial score (nSPS) is 24.6. The molecule has 2 fully saturated rings. The predicted molar refractivity (Wildman–Crippen MR) is 86.7 cm³/mol. The molecule has 7 nitrogen and oxygen atoms in total. The van der Waals surface area contributed by atoms with E-state index in [9.17, 15) is 9.90 Å². The van der Waals surface area contributed by atoms with Gasteiger partial charge in [0, 0.05) is 37.1 Å². The number of carbonyl (C=O) groups is 1. The number of likely N-dealkylation sites (tertiary alicyclic amines) is 2. The number of nitrogens with zero attached hydrogens (tertiary/aromatic N) is 4. The molecule has 0 saturated carbocycles. The maximum Gasteiger partial charge on any atom is 0.307 e. The van der Waals surface area contributed by atoms with Crippen molar-refractivity contribution >= 4 is 11.9 Å². The van der Waals surface area contributed by atoms with Crippen molar-refractivity contribution in [3.63, 3.8) is 0 Å². The van der Waals surface area contributed by atoms with Gasteiger partial charge in [-0.05, 0) is 45.3 Å². The van der Waals surface area contributed by atoms with Gasteiger partial charge in [-0.1, -0.05) is 0 Å². The van der Waals surface area contributed by atoms with Gasteiger partial charge in [0.2, 0.25) is 5.95 Å². The fraction of sp³-hybridized carbons (Fsp3) is 0.688. The molecule has 0 amide bonds. The molecule has 0 bridgehead atoms. The van der Waals surface area contributed by atoms with E-state index in [0.717, 1.165) is 57.4 Å². The van der Waals surface area contributed by atoms with Crippen molar-refractivity contribution in [2.45, 2.75) is 38.3 Å². The molecule has 1 aromatic rings. The Morgan fingerprint density at radius 1 is 1.22 bits per heavy atom. The Kier molecular flexibility index (Phi) is 5.07. The lowest BCUT2D eigenvalue weighted by atomic mass is 9.94. The highest BCUT2D eigenvalue weighted by molar-refractivity contribution is 5.70. The zero-order chi connectivity index (χ0) is 16.2. The average Bonchev–Trinajstić information content (AvgIpc) is 2.58. The van der Waals surface area contributed by atoms with Crippen LogP contribution in [0.1, 0.15) is 31.2 Å². The minimum absolute atomic E-state index is 0.186. The third-order valence-corrected chi connectivity index (χ3v) is 5.01. The minimum atomic E-state index is -0.643. The van der Waals surface area contributed by atoms with Crippen LogP contribution < -0.4 is 5.73 Å². The second-order valence-electron chi connectivity index (χ2n) is 6.63. The van der Waals surface area contributed by atoms with Crippen molar-refractivity contribution in [1.29, 1.82) is 0 Å². The highest BCUT2D eigenvalue weighted by Crippen LogP contribution is 2.24. The van der Waals surface area contributed by atoms with Crippen molar-refractivity contribution in [2.75, 3.05) is 31.9 Å². The molecular formula is C16H25N5O2. The van der Waals surface area contributed by atoms with Crippen LogP contribution in [-0.4, -0.2) is 63.1 Å². The lowest BCUT2D eigenvalue weighted by molar-refractivity contribution is -0.144. The summed E-state index contributed by atoms with van der Waals surface area (Å²) in [5.74, 6) is -0.519. The average molecular weight is 319 g/mol.